The Kier molecular flexibility index (Phi) is 65.5. The molecule has 0 spiro atoms. The van der Waals surface area contributed by atoms with Gasteiger partial charge in [-0.05, 0) is 37.5 Å². The molecule has 0 aliphatic rings. The van der Waals surface area contributed by atoms with Crippen LogP contribution in [0.5, 0.6) is 0 Å². The summed E-state index contributed by atoms with van der Waals surface area (Å²) in [5.74, 6) is -0.510. The standard InChI is InChI=1S/C75H146O17P2/c1-7-9-11-13-15-17-34-41-47-53-59-74(79)91-70(63-85-72(77)57-51-45-39-16-14-12-10-8-2)65-89-93(81,82)87-61-69(76)62-88-94(83,84)90-66-71(92-75(80)60-54-48-42-36-31-27-23-19-21-25-29-33-38-44-50-56-68(5)6)64-86-73(78)58-52-46-40-35-30-26-22-18-20-24-28-32-37-43-49-55-67(3)4/h67-71,76H,7-66H2,1-6H3,(H,81,82)(H,83,84)/t69-,70+,71+/m0/s1. The molecule has 0 aromatic heterocycles. The molecule has 94 heavy (non-hydrogen) atoms. The summed E-state index contributed by atoms with van der Waals surface area (Å²) in [6.45, 7) is 9.61. The lowest BCUT2D eigenvalue weighted by Crippen LogP contribution is -2.30. The minimum Gasteiger partial charge on any atom is -0.462 e. The first-order valence-electron chi connectivity index (χ1n) is 39.0. The van der Waals surface area contributed by atoms with Gasteiger partial charge >= 0.3 is 39.5 Å². The number of aliphatic hydroxyl groups excluding tert-OH is 1. The van der Waals surface area contributed by atoms with Crippen molar-refractivity contribution in [1.82, 2.24) is 0 Å². The average molecular weight is 1380 g/mol. The highest BCUT2D eigenvalue weighted by atomic mass is 31.2. The van der Waals surface area contributed by atoms with Crippen molar-refractivity contribution < 1.29 is 80.2 Å². The summed E-state index contributed by atoms with van der Waals surface area (Å²) in [4.78, 5) is 72.6. The maximum absolute atomic E-state index is 13.1. The Morgan fingerprint density at radius 1 is 0.287 bits per heavy atom. The quantitative estimate of drug-likeness (QED) is 0.0222. The van der Waals surface area contributed by atoms with Crippen LogP contribution in [0.1, 0.15) is 388 Å². The summed E-state index contributed by atoms with van der Waals surface area (Å²) in [7, 11) is -9.90. The number of phosphoric ester groups is 2. The fourth-order valence-electron chi connectivity index (χ4n) is 11.5. The van der Waals surface area contributed by atoms with E-state index in [4.69, 9.17) is 37.0 Å². The molecule has 2 unspecified atom stereocenters. The van der Waals surface area contributed by atoms with E-state index in [-0.39, 0.29) is 25.7 Å². The van der Waals surface area contributed by atoms with Crippen molar-refractivity contribution in [3.63, 3.8) is 0 Å². The van der Waals surface area contributed by atoms with Crippen LogP contribution in [0.2, 0.25) is 0 Å². The van der Waals surface area contributed by atoms with Gasteiger partial charge in [-0.2, -0.15) is 0 Å². The molecule has 3 N–H and O–H groups in total. The van der Waals surface area contributed by atoms with Crippen LogP contribution in [0.15, 0.2) is 0 Å². The SMILES string of the molecule is CCCCCCCCCCCCC(=O)O[C@H](COC(=O)CCCCCCCCCC)COP(=O)(O)OC[C@H](O)COP(=O)(O)OC[C@@H](COC(=O)CCCCCCCCCCCCCCCCCC(C)C)OC(=O)CCCCCCCCCCCCCCCCCC(C)C. The Labute approximate surface area is 575 Å². The predicted octanol–water partition coefficient (Wildman–Crippen LogP) is 21.9. The molecule has 0 rings (SSSR count). The van der Waals surface area contributed by atoms with Crippen molar-refractivity contribution in [1.29, 1.82) is 0 Å². The van der Waals surface area contributed by atoms with Gasteiger partial charge in [-0.25, -0.2) is 9.13 Å². The van der Waals surface area contributed by atoms with E-state index in [2.05, 4.69) is 41.5 Å². The van der Waals surface area contributed by atoms with Crippen molar-refractivity contribution in [3.05, 3.63) is 0 Å². The Bertz CT molecular complexity index is 1820. The van der Waals surface area contributed by atoms with Crippen LogP contribution >= 0.6 is 15.6 Å². The largest absolute Gasteiger partial charge is 0.472 e. The van der Waals surface area contributed by atoms with Crippen molar-refractivity contribution in [2.75, 3.05) is 39.6 Å². The number of carbonyl (C=O) groups is 4. The van der Waals surface area contributed by atoms with Gasteiger partial charge < -0.3 is 33.8 Å². The summed E-state index contributed by atoms with van der Waals surface area (Å²) in [6.07, 6.45) is 54.2. The first-order valence-corrected chi connectivity index (χ1v) is 42.0. The van der Waals surface area contributed by atoms with Gasteiger partial charge in [0, 0.05) is 25.7 Å². The second-order valence-corrected chi connectivity index (χ2v) is 30.9. The van der Waals surface area contributed by atoms with E-state index < -0.39 is 97.5 Å². The molecular formula is C75H146O17P2. The van der Waals surface area contributed by atoms with Crippen LogP contribution in [0.3, 0.4) is 0 Å². The normalized spacial score (nSPS) is 14.0. The van der Waals surface area contributed by atoms with Gasteiger partial charge in [-0.3, -0.25) is 37.3 Å². The zero-order chi connectivity index (χ0) is 69.3. The molecule has 558 valence electrons. The third-order valence-electron chi connectivity index (χ3n) is 17.5. The van der Waals surface area contributed by atoms with Crippen molar-refractivity contribution in [3.8, 4) is 0 Å². The molecular weight excluding hydrogens is 1230 g/mol. The number of phosphoric acid groups is 2. The monoisotopic (exact) mass is 1380 g/mol. The minimum atomic E-state index is -4.96. The second-order valence-electron chi connectivity index (χ2n) is 28.0. The number of esters is 4. The third-order valence-corrected chi connectivity index (χ3v) is 19.4. The molecule has 17 nitrogen and oxygen atoms in total. The van der Waals surface area contributed by atoms with Gasteiger partial charge in [-0.15, -0.1) is 0 Å². The molecule has 0 aliphatic carbocycles. The molecule has 0 aromatic carbocycles. The fraction of sp³-hybridized carbons (Fsp3) is 0.947. The third kappa shape index (κ3) is 68.6. The Morgan fingerprint density at radius 3 is 0.723 bits per heavy atom. The van der Waals surface area contributed by atoms with E-state index in [1.807, 2.05) is 0 Å². The highest BCUT2D eigenvalue weighted by Crippen LogP contribution is 2.45. The van der Waals surface area contributed by atoms with E-state index in [9.17, 15) is 43.2 Å². The second kappa shape index (κ2) is 66.9. The summed E-state index contributed by atoms with van der Waals surface area (Å²) in [6, 6.07) is 0. The summed E-state index contributed by atoms with van der Waals surface area (Å²) in [5.41, 5.74) is 0. The zero-order valence-corrected chi connectivity index (χ0v) is 63.1. The van der Waals surface area contributed by atoms with Crippen LogP contribution in [-0.2, 0) is 65.4 Å². The highest BCUT2D eigenvalue weighted by molar-refractivity contribution is 7.47. The fourth-order valence-corrected chi connectivity index (χ4v) is 13.1. The zero-order valence-electron chi connectivity index (χ0n) is 61.3. The van der Waals surface area contributed by atoms with Gasteiger partial charge in [0.2, 0.25) is 0 Å². The predicted molar refractivity (Wildman–Crippen MR) is 381 cm³/mol. The Morgan fingerprint density at radius 2 is 0.489 bits per heavy atom. The Hall–Kier alpha value is -1.94. The number of hydrogen-bond acceptors (Lipinski definition) is 15. The van der Waals surface area contributed by atoms with Gasteiger partial charge in [0.1, 0.15) is 19.3 Å². The van der Waals surface area contributed by atoms with E-state index >= 15 is 0 Å². The Balaban J connectivity index is 5.19. The number of aliphatic hydroxyl groups is 1. The molecule has 0 fully saturated rings. The summed E-state index contributed by atoms with van der Waals surface area (Å²) >= 11 is 0. The topological polar surface area (TPSA) is 237 Å². The molecule has 0 amide bonds. The van der Waals surface area contributed by atoms with E-state index in [0.29, 0.717) is 25.7 Å². The molecule has 0 saturated heterocycles. The number of ether oxygens (including phenoxy) is 4. The number of unbranched alkanes of at least 4 members (excludes halogenated alkanes) is 44. The molecule has 5 atom stereocenters. The smallest absolute Gasteiger partial charge is 0.462 e. The lowest BCUT2D eigenvalue weighted by molar-refractivity contribution is -0.161. The number of carbonyl (C=O) groups excluding carboxylic acids is 4. The summed E-state index contributed by atoms with van der Waals surface area (Å²) < 4.78 is 68.4. The van der Waals surface area contributed by atoms with E-state index in [1.54, 1.807) is 0 Å². The maximum Gasteiger partial charge on any atom is 0.472 e. The van der Waals surface area contributed by atoms with Crippen LogP contribution in [-0.4, -0.2) is 96.7 Å². The van der Waals surface area contributed by atoms with Crippen LogP contribution < -0.4 is 0 Å². The number of hydrogen-bond donors (Lipinski definition) is 3. The molecule has 0 radical (unpaired) electrons. The first-order chi connectivity index (χ1) is 45.4. The van der Waals surface area contributed by atoms with Crippen LogP contribution in [0.4, 0.5) is 0 Å². The maximum atomic E-state index is 13.1. The molecule has 0 heterocycles. The lowest BCUT2D eigenvalue weighted by Gasteiger charge is -2.21. The van der Waals surface area contributed by atoms with Gasteiger partial charge in [-0.1, -0.05) is 337 Å². The van der Waals surface area contributed by atoms with Crippen LogP contribution in [0, 0.1) is 11.8 Å². The van der Waals surface area contributed by atoms with E-state index in [1.165, 1.54) is 199 Å². The molecule has 0 saturated carbocycles. The van der Waals surface area contributed by atoms with Gasteiger partial charge in [0.05, 0.1) is 26.4 Å². The van der Waals surface area contributed by atoms with Crippen molar-refractivity contribution in [2.24, 2.45) is 11.8 Å². The summed E-state index contributed by atoms with van der Waals surface area (Å²) in [5, 5.41) is 10.6. The lowest BCUT2D eigenvalue weighted by atomic mass is 10.0. The van der Waals surface area contributed by atoms with Gasteiger partial charge in [0.15, 0.2) is 12.2 Å². The average Bonchev–Trinajstić information content (AvgIpc) is 1.62. The molecule has 0 aliphatic heterocycles. The highest BCUT2D eigenvalue weighted by Gasteiger charge is 2.30. The van der Waals surface area contributed by atoms with Gasteiger partial charge in [0.25, 0.3) is 0 Å². The van der Waals surface area contributed by atoms with Crippen molar-refractivity contribution >= 4 is 39.5 Å². The van der Waals surface area contributed by atoms with E-state index in [0.717, 1.165) is 108 Å². The number of rotatable bonds is 74. The van der Waals surface area contributed by atoms with Crippen molar-refractivity contribution in [2.45, 2.75) is 407 Å². The minimum absolute atomic E-state index is 0.106. The molecule has 0 aromatic rings. The first kappa shape index (κ1) is 92.1. The molecule has 0 bridgehead atoms. The van der Waals surface area contributed by atoms with Crippen LogP contribution in [0.25, 0.3) is 0 Å². The molecule has 19 heteroatoms.